The third-order valence-corrected chi connectivity index (χ3v) is 6.36. The van der Waals surface area contributed by atoms with Gasteiger partial charge in [0, 0.05) is 25.9 Å². The van der Waals surface area contributed by atoms with Crippen LogP contribution in [0.3, 0.4) is 0 Å². The van der Waals surface area contributed by atoms with E-state index in [0.29, 0.717) is 45.3 Å². The molecule has 2 aliphatic heterocycles. The van der Waals surface area contributed by atoms with Crippen molar-refractivity contribution in [3.63, 3.8) is 0 Å². The molecule has 9 heteroatoms. The van der Waals surface area contributed by atoms with E-state index in [2.05, 4.69) is 10.3 Å². The number of pyridine rings is 1. The molecule has 0 aliphatic carbocycles. The predicted octanol–water partition coefficient (Wildman–Crippen LogP) is 3.14. The van der Waals surface area contributed by atoms with Crippen LogP contribution in [0.1, 0.15) is 32.3 Å². The summed E-state index contributed by atoms with van der Waals surface area (Å²) in [6.45, 7) is 5.95. The third kappa shape index (κ3) is 4.28. The minimum absolute atomic E-state index is 0.0955. The number of nitrogens with zero attached hydrogens (tertiary/aromatic N) is 3. The molecule has 0 aromatic carbocycles. The van der Waals surface area contributed by atoms with Crippen LogP contribution in [-0.4, -0.2) is 50.3 Å². The first kappa shape index (κ1) is 21.0. The van der Waals surface area contributed by atoms with E-state index in [1.165, 1.54) is 16.2 Å². The van der Waals surface area contributed by atoms with Crippen LogP contribution >= 0.6 is 24.0 Å². The van der Waals surface area contributed by atoms with Gasteiger partial charge in [-0.1, -0.05) is 43.9 Å². The van der Waals surface area contributed by atoms with Crippen LogP contribution < -0.4 is 10.9 Å². The molecule has 158 valence electrons. The number of fused-ring (bicyclic) bond motifs is 1. The van der Waals surface area contributed by atoms with Crippen molar-refractivity contribution in [2.75, 3.05) is 25.0 Å². The van der Waals surface area contributed by atoms with Gasteiger partial charge in [-0.05, 0) is 37.0 Å². The van der Waals surface area contributed by atoms with E-state index in [1.807, 2.05) is 19.9 Å². The smallest absolute Gasteiger partial charge is 0.267 e. The van der Waals surface area contributed by atoms with Crippen LogP contribution in [0.15, 0.2) is 34.1 Å². The van der Waals surface area contributed by atoms with Crippen LogP contribution in [0.2, 0.25) is 0 Å². The topological polar surface area (TPSA) is 75.9 Å². The monoisotopic (exact) mass is 444 g/mol. The third-order valence-electron chi connectivity index (χ3n) is 4.99. The summed E-state index contributed by atoms with van der Waals surface area (Å²) in [6, 6.07) is 5.40. The molecule has 4 rings (SSSR count). The van der Waals surface area contributed by atoms with E-state index in [9.17, 15) is 9.59 Å². The number of carbonyl (C=O) groups excluding carboxylic acids is 1. The highest BCUT2D eigenvalue weighted by Crippen LogP contribution is 2.33. The second kappa shape index (κ2) is 8.87. The van der Waals surface area contributed by atoms with Gasteiger partial charge in [0.25, 0.3) is 11.5 Å². The van der Waals surface area contributed by atoms with Gasteiger partial charge in [-0.2, -0.15) is 0 Å². The molecule has 0 saturated carbocycles. The van der Waals surface area contributed by atoms with Gasteiger partial charge in [-0.15, -0.1) is 0 Å². The molecule has 0 spiro atoms. The van der Waals surface area contributed by atoms with Gasteiger partial charge in [0.2, 0.25) is 0 Å². The predicted molar refractivity (Wildman–Crippen MR) is 124 cm³/mol. The molecule has 1 amide bonds. The Labute approximate surface area is 184 Å². The number of rotatable bonds is 6. The molecule has 30 heavy (non-hydrogen) atoms. The maximum Gasteiger partial charge on any atom is 0.267 e. The van der Waals surface area contributed by atoms with Crippen LogP contribution in [0.25, 0.3) is 11.7 Å². The van der Waals surface area contributed by atoms with Gasteiger partial charge in [-0.25, -0.2) is 4.98 Å². The fraction of sp³-hybridized carbons (Fsp3) is 0.429. The molecule has 2 saturated heterocycles. The van der Waals surface area contributed by atoms with E-state index in [1.54, 1.807) is 29.3 Å². The van der Waals surface area contributed by atoms with Gasteiger partial charge in [0.15, 0.2) is 0 Å². The second-order valence-electron chi connectivity index (χ2n) is 7.81. The van der Waals surface area contributed by atoms with Gasteiger partial charge in [0.1, 0.15) is 15.8 Å². The second-order valence-corrected chi connectivity index (χ2v) is 9.49. The zero-order valence-corrected chi connectivity index (χ0v) is 18.6. The Morgan fingerprint density at radius 1 is 1.40 bits per heavy atom. The molecule has 2 aliphatic rings. The number of thioether (sulfide) groups is 1. The quantitative estimate of drug-likeness (QED) is 0.542. The summed E-state index contributed by atoms with van der Waals surface area (Å²) in [4.78, 5) is 32.8. The van der Waals surface area contributed by atoms with Gasteiger partial charge in [-0.3, -0.25) is 18.9 Å². The number of hydrogen-bond donors (Lipinski definition) is 1. The van der Waals surface area contributed by atoms with Crippen molar-refractivity contribution < 1.29 is 9.53 Å². The molecule has 2 aromatic rings. The summed E-state index contributed by atoms with van der Waals surface area (Å²) in [7, 11) is 0. The van der Waals surface area contributed by atoms with Gasteiger partial charge < -0.3 is 10.1 Å². The molecular formula is C21H24N4O3S2. The lowest BCUT2D eigenvalue weighted by Crippen LogP contribution is -2.31. The number of thiocarbonyl (C=S) groups is 1. The molecule has 0 radical (unpaired) electrons. The maximum absolute atomic E-state index is 13.2. The SMILES string of the molecule is CC(C)CN1C(=O)/C(=C\c2c(NC[C@H]3CCCO3)nc3ccccn3c2=O)SC1=S. The Kier molecular flexibility index (Phi) is 6.21. The molecule has 0 unspecified atom stereocenters. The number of amides is 1. The Bertz CT molecular complexity index is 1070. The molecule has 2 fully saturated rings. The van der Waals surface area contributed by atoms with Crippen LogP contribution in [0.5, 0.6) is 0 Å². The van der Waals surface area contributed by atoms with E-state index < -0.39 is 0 Å². The Morgan fingerprint density at radius 3 is 2.97 bits per heavy atom. The van der Waals surface area contributed by atoms with Gasteiger partial charge in [0.05, 0.1) is 16.6 Å². The number of carbonyl (C=O) groups is 1. The minimum atomic E-state index is -0.232. The highest BCUT2D eigenvalue weighted by atomic mass is 32.2. The average molecular weight is 445 g/mol. The molecular weight excluding hydrogens is 420 g/mol. The molecule has 4 heterocycles. The first-order chi connectivity index (χ1) is 14.4. The van der Waals surface area contributed by atoms with Crippen molar-refractivity contribution in [3.05, 3.63) is 45.2 Å². The number of ether oxygens (including phenoxy) is 1. The molecule has 1 atom stereocenters. The molecule has 0 bridgehead atoms. The summed E-state index contributed by atoms with van der Waals surface area (Å²) in [5, 5.41) is 3.27. The average Bonchev–Trinajstić information content (AvgIpc) is 3.33. The van der Waals surface area contributed by atoms with Gasteiger partial charge >= 0.3 is 0 Å². The highest BCUT2D eigenvalue weighted by Gasteiger charge is 2.33. The Balaban J connectivity index is 1.73. The number of aromatic nitrogens is 2. The first-order valence-corrected chi connectivity index (χ1v) is 11.3. The summed E-state index contributed by atoms with van der Waals surface area (Å²) in [5.41, 5.74) is 0.660. The maximum atomic E-state index is 13.2. The lowest BCUT2D eigenvalue weighted by molar-refractivity contribution is -0.122. The largest absolute Gasteiger partial charge is 0.376 e. The molecule has 7 nitrogen and oxygen atoms in total. The molecule has 2 aromatic heterocycles. The van der Waals surface area contributed by atoms with Crippen molar-refractivity contribution >= 4 is 51.7 Å². The van der Waals surface area contributed by atoms with Crippen molar-refractivity contribution in [2.24, 2.45) is 5.92 Å². The fourth-order valence-electron chi connectivity index (χ4n) is 3.54. The standard InChI is InChI=1S/C21H24N4O3S2/c1-13(2)12-25-20(27)16(30-21(25)29)10-15-18(22-11-14-6-5-9-28-14)23-17-7-3-4-8-24(17)19(15)26/h3-4,7-8,10,13-14,22H,5-6,9,11-12H2,1-2H3/b16-10+/t14-/m1/s1. The van der Waals surface area contributed by atoms with Crippen molar-refractivity contribution in [3.8, 4) is 0 Å². The summed E-state index contributed by atoms with van der Waals surface area (Å²) in [5.74, 6) is 0.584. The number of anilines is 1. The fourth-order valence-corrected chi connectivity index (χ4v) is 4.79. The van der Waals surface area contributed by atoms with Crippen LogP contribution in [-0.2, 0) is 9.53 Å². The van der Waals surface area contributed by atoms with E-state index in [-0.39, 0.29) is 17.6 Å². The zero-order valence-electron chi connectivity index (χ0n) is 17.0. The van der Waals surface area contributed by atoms with Crippen LogP contribution in [0, 0.1) is 5.92 Å². The first-order valence-electron chi connectivity index (χ1n) is 10.1. The number of nitrogens with one attached hydrogen (secondary N) is 1. The lowest BCUT2D eigenvalue weighted by atomic mass is 10.2. The normalized spacial score (nSPS) is 20.8. The summed E-state index contributed by atoms with van der Waals surface area (Å²) < 4.78 is 7.68. The molecule has 1 N–H and O–H groups in total. The summed E-state index contributed by atoms with van der Waals surface area (Å²) in [6.07, 6.45) is 5.40. The summed E-state index contributed by atoms with van der Waals surface area (Å²) >= 11 is 6.62. The Morgan fingerprint density at radius 2 is 2.23 bits per heavy atom. The lowest BCUT2D eigenvalue weighted by Gasteiger charge is -2.16. The zero-order chi connectivity index (χ0) is 21.3. The van der Waals surface area contributed by atoms with E-state index in [0.717, 1.165) is 19.4 Å². The van der Waals surface area contributed by atoms with E-state index >= 15 is 0 Å². The van der Waals surface area contributed by atoms with E-state index in [4.69, 9.17) is 17.0 Å². The van der Waals surface area contributed by atoms with Crippen molar-refractivity contribution in [1.29, 1.82) is 0 Å². The Hall–Kier alpha value is -2.23. The minimum Gasteiger partial charge on any atom is -0.376 e. The van der Waals surface area contributed by atoms with Crippen molar-refractivity contribution in [1.82, 2.24) is 14.3 Å². The van der Waals surface area contributed by atoms with Crippen molar-refractivity contribution in [2.45, 2.75) is 32.8 Å². The number of hydrogen-bond acceptors (Lipinski definition) is 7. The van der Waals surface area contributed by atoms with Crippen LogP contribution in [0.4, 0.5) is 5.82 Å². The highest BCUT2D eigenvalue weighted by molar-refractivity contribution is 8.26.